The van der Waals surface area contributed by atoms with Crippen LogP contribution < -0.4 is 0 Å². The Hall–Kier alpha value is -0.640. The molecule has 2 heterocycles. The van der Waals surface area contributed by atoms with Crippen molar-refractivity contribution >= 4 is 5.91 Å². The number of halogens is 1. The number of hydrogen-bond acceptors (Lipinski definition) is 2. The van der Waals surface area contributed by atoms with Gasteiger partial charge in [0.15, 0.2) is 6.17 Å². The maximum absolute atomic E-state index is 13.6. The predicted molar refractivity (Wildman–Crippen MR) is 49.3 cm³/mol. The molecule has 2 fully saturated rings. The summed E-state index contributed by atoms with van der Waals surface area (Å²) < 4.78 is 19.1. The molecule has 1 amide bonds. The molecular weight excluding hydrogens is 185 g/mol. The van der Waals surface area contributed by atoms with Crippen LogP contribution in [0.25, 0.3) is 0 Å². The van der Waals surface area contributed by atoms with Crippen molar-refractivity contribution in [3.63, 3.8) is 0 Å². The van der Waals surface area contributed by atoms with E-state index in [1.54, 1.807) is 4.90 Å². The van der Waals surface area contributed by atoms with Crippen LogP contribution in [0.3, 0.4) is 0 Å². The van der Waals surface area contributed by atoms with Crippen LogP contribution in [-0.4, -0.2) is 35.4 Å². The van der Waals surface area contributed by atoms with Crippen molar-refractivity contribution in [2.75, 3.05) is 6.61 Å². The number of amides is 1. The third-order valence-corrected chi connectivity index (χ3v) is 3.33. The zero-order valence-electron chi connectivity index (χ0n) is 8.79. The molecule has 0 saturated carbocycles. The van der Waals surface area contributed by atoms with E-state index in [-0.39, 0.29) is 12.0 Å². The lowest BCUT2D eigenvalue weighted by Crippen LogP contribution is -2.44. The van der Waals surface area contributed by atoms with Crippen LogP contribution in [0.4, 0.5) is 4.39 Å². The van der Waals surface area contributed by atoms with Crippen LogP contribution in [-0.2, 0) is 9.53 Å². The van der Waals surface area contributed by atoms with Gasteiger partial charge in [-0.1, -0.05) is 6.92 Å². The molecule has 14 heavy (non-hydrogen) atoms. The molecule has 2 aliphatic rings. The summed E-state index contributed by atoms with van der Waals surface area (Å²) in [6.07, 6.45) is -0.638. The van der Waals surface area contributed by atoms with Crippen LogP contribution in [0.2, 0.25) is 0 Å². The van der Waals surface area contributed by atoms with Crippen LogP contribution in [0.5, 0.6) is 0 Å². The standard InChI is InChI=1S/C10H16FNO2/c1-4-6-7-5-14-10(2,3)12(7)9(13)8(6)11/h6-8H,4-5H2,1-3H3/t6?,7-,8+/m1/s1. The van der Waals surface area contributed by atoms with E-state index < -0.39 is 17.8 Å². The summed E-state index contributed by atoms with van der Waals surface area (Å²) >= 11 is 0. The predicted octanol–water partition coefficient (Wildman–Crippen LogP) is 1.33. The Labute approximate surface area is 83.2 Å². The molecule has 1 unspecified atom stereocenters. The number of fused-ring (bicyclic) bond motifs is 1. The monoisotopic (exact) mass is 201 g/mol. The van der Waals surface area contributed by atoms with Gasteiger partial charge in [-0.25, -0.2) is 4.39 Å². The van der Waals surface area contributed by atoms with Gasteiger partial charge in [-0.05, 0) is 20.3 Å². The molecule has 0 aliphatic carbocycles. The molecule has 0 aromatic heterocycles. The van der Waals surface area contributed by atoms with Crippen molar-refractivity contribution in [2.24, 2.45) is 5.92 Å². The molecule has 2 saturated heterocycles. The molecule has 80 valence electrons. The summed E-state index contributed by atoms with van der Waals surface area (Å²) in [5.41, 5.74) is -0.629. The second-order valence-corrected chi connectivity index (χ2v) is 4.51. The Balaban J connectivity index is 2.30. The topological polar surface area (TPSA) is 29.5 Å². The molecule has 0 N–H and O–H groups in total. The van der Waals surface area contributed by atoms with Gasteiger partial charge >= 0.3 is 0 Å². The van der Waals surface area contributed by atoms with Crippen molar-refractivity contribution in [1.82, 2.24) is 4.90 Å². The minimum absolute atomic E-state index is 0.0579. The summed E-state index contributed by atoms with van der Waals surface area (Å²) in [5, 5.41) is 0. The largest absolute Gasteiger partial charge is 0.354 e. The van der Waals surface area contributed by atoms with E-state index >= 15 is 0 Å². The van der Waals surface area contributed by atoms with Crippen molar-refractivity contribution < 1.29 is 13.9 Å². The van der Waals surface area contributed by atoms with Crippen LogP contribution in [0.1, 0.15) is 27.2 Å². The highest BCUT2D eigenvalue weighted by Gasteiger charge is 2.56. The Bertz CT molecular complexity index is 267. The zero-order chi connectivity index (χ0) is 10.5. The number of rotatable bonds is 1. The van der Waals surface area contributed by atoms with Crippen molar-refractivity contribution in [1.29, 1.82) is 0 Å². The zero-order valence-corrected chi connectivity index (χ0v) is 8.79. The Morgan fingerprint density at radius 3 is 2.86 bits per heavy atom. The molecule has 0 radical (unpaired) electrons. The highest BCUT2D eigenvalue weighted by molar-refractivity contribution is 5.85. The fraction of sp³-hybridized carbons (Fsp3) is 0.900. The lowest BCUT2D eigenvalue weighted by molar-refractivity contribution is -0.145. The van der Waals surface area contributed by atoms with Gasteiger partial charge in [0, 0.05) is 5.92 Å². The van der Waals surface area contributed by atoms with Crippen molar-refractivity contribution in [2.45, 2.75) is 45.1 Å². The highest BCUT2D eigenvalue weighted by Crippen LogP contribution is 2.41. The van der Waals surface area contributed by atoms with Gasteiger partial charge in [-0.15, -0.1) is 0 Å². The third kappa shape index (κ3) is 1.10. The number of ether oxygens (including phenoxy) is 1. The third-order valence-electron chi connectivity index (χ3n) is 3.33. The molecule has 4 heteroatoms. The Morgan fingerprint density at radius 1 is 1.64 bits per heavy atom. The molecule has 0 aromatic carbocycles. The average Bonchev–Trinajstić information content (AvgIpc) is 2.53. The van der Waals surface area contributed by atoms with E-state index in [4.69, 9.17) is 4.74 Å². The van der Waals surface area contributed by atoms with E-state index in [0.29, 0.717) is 13.0 Å². The lowest BCUT2D eigenvalue weighted by atomic mass is 9.97. The first kappa shape index (κ1) is 9.90. The van der Waals surface area contributed by atoms with E-state index in [2.05, 4.69) is 0 Å². The number of nitrogens with zero attached hydrogens (tertiary/aromatic N) is 1. The maximum atomic E-state index is 13.6. The van der Waals surface area contributed by atoms with E-state index in [1.807, 2.05) is 20.8 Å². The first-order chi connectivity index (χ1) is 6.49. The lowest BCUT2D eigenvalue weighted by Gasteiger charge is -2.29. The summed E-state index contributed by atoms with van der Waals surface area (Å²) in [6.45, 7) is 6.02. The number of hydrogen-bond donors (Lipinski definition) is 0. The van der Waals surface area contributed by atoms with Crippen molar-refractivity contribution in [3.8, 4) is 0 Å². The number of alkyl halides is 1. The van der Waals surface area contributed by atoms with E-state index in [9.17, 15) is 9.18 Å². The molecule has 0 aromatic rings. The highest BCUT2D eigenvalue weighted by atomic mass is 19.1. The minimum atomic E-state index is -1.33. The van der Waals surface area contributed by atoms with Gasteiger partial charge < -0.3 is 9.64 Å². The fourth-order valence-corrected chi connectivity index (χ4v) is 2.57. The quantitative estimate of drug-likeness (QED) is 0.640. The second-order valence-electron chi connectivity index (χ2n) is 4.51. The van der Waals surface area contributed by atoms with E-state index in [1.165, 1.54) is 0 Å². The van der Waals surface area contributed by atoms with Gasteiger partial charge in [0.05, 0.1) is 12.6 Å². The fourth-order valence-electron chi connectivity index (χ4n) is 2.57. The van der Waals surface area contributed by atoms with Gasteiger partial charge in [-0.3, -0.25) is 4.79 Å². The molecule has 0 bridgehead atoms. The van der Waals surface area contributed by atoms with Crippen LogP contribution in [0, 0.1) is 5.92 Å². The second kappa shape index (κ2) is 2.92. The molecule has 3 nitrogen and oxygen atoms in total. The van der Waals surface area contributed by atoms with Gasteiger partial charge in [0.2, 0.25) is 0 Å². The van der Waals surface area contributed by atoms with Crippen molar-refractivity contribution in [3.05, 3.63) is 0 Å². The first-order valence-corrected chi connectivity index (χ1v) is 5.10. The first-order valence-electron chi connectivity index (χ1n) is 5.10. The van der Waals surface area contributed by atoms with Crippen LogP contribution >= 0.6 is 0 Å². The van der Waals surface area contributed by atoms with Gasteiger partial charge in [-0.2, -0.15) is 0 Å². The normalized spacial score (nSPS) is 40.4. The molecular formula is C10H16FNO2. The minimum Gasteiger partial charge on any atom is -0.354 e. The molecule has 2 aliphatic heterocycles. The van der Waals surface area contributed by atoms with Crippen LogP contribution in [0.15, 0.2) is 0 Å². The summed E-state index contributed by atoms with van der Waals surface area (Å²) in [7, 11) is 0. The smallest absolute Gasteiger partial charge is 0.260 e. The average molecular weight is 201 g/mol. The van der Waals surface area contributed by atoms with Gasteiger partial charge in [0.25, 0.3) is 5.91 Å². The Kier molecular flexibility index (Phi) is 2.07. The Morgan fingerprint density at radius 2 is 2.29 bits per heavy atom. The summed E-state index contributed by atoms with van der Waals surface area (Å²) in [5.74, 6) is -0.589. The molecule has 2 rings (SSSR count). The maximum Gasteiger partial charge on any atom is 0.260 e. The number of carbonyl (C=O) groups is 1. The summed E-state index contributed by atoms with van der Waals surface area (Å²) in [6, 6.07) is -0.0579. The molecule has 0 spiro atoms. The summed E-state index contributed by atoms with van der Waals surface area (Å²) in [4.78, 5) is 13.2. The number of carbonyl (C=O) groups excluding carboxylic acids is 1. The van der Waals surface area contributed by atoms with E-state index in [0.717, 1.165) is 0 Å². The molecule has 3 atom stereocenters. The SMILES string of the molecule is CCC1[C@H](F)C(=O)N2[C@@H]1COC2(C)C. The van der Waals surface area contributed by atoms with Gasteiger partial charge in [0.1, 0.15) is 5.72 Å².